The van der Waals surface area contributed by atoms with Gasteiger partial charge >= 0.3 is 0 Å². The molecule has 7 heterocycles. The van der Waals surface area contributed by atoms with Crippen LogP contribution in [0.2, 0.25) is 0 Å². The van der Waals surface area contributed by atoms with Gasteiger partial charge in [-0.05, 0) is 118 Å². The molecule has 1 aliphatic rings. The first-order valence-electron chi connectivity index (χ1n) is 26.1. The third-order valence-electron chi connectivity index (χ3n) is 11.5. The zero-order chi connectivity index (χ0) is 62.2. The summed E-state index contributed by atoms with van der Waals surface area (Å²) in [6.45, 7) is 11.3. The van der Waals surface area contributed by atoms with E-state index in [0.29, 0.717) is 61.4 Å². The molecule has 12 rings (SSSR count). The number of aromatic amines is 6. The number of benzene rings is 5. The van der Waals surface area contributed by atoms with E-state index < -0.39 is 0 Å². The molecule has 0 unspecified atom stereocenters. The minimum atomic E-state index is -0.230. The van der Waals surface area contributed by atoms with E-state index in [9.17, 15) is 14.9 Å². The minimum absolute atomic E-state index is 0.204. The number of aromatic nitrogens is 18. The van der Waals surface area contributed by atoms with Gasteiger partial charge in [0.1, 0.15) is 12.1 Å². The summed E-state index contributed by atoms with van der Waals surface area (Å²) in [6, 6.07) is 48.2. The topological polar surface area (TPSA) is 376 Å². The lowest BCUT2D eigenvalue weighted by Crippen LogP contribution is -2.30. The molecule has 0 saturated carbocycles. The van der Waals surface area contributed by atoms with Crippen molar-refractivity contribution in [3.05, 3.63) is 210 Å². The fourth-order valence-corrected chi connectivity index (χ4v) is 9.46. The highest BCUT2D eigenvalue weighted by Gasteiger charge is 2.11. The molecule has 442 valence electrons. The molecule has 7 N–H and O–H groups in total. The van der Waals surface area contributed by atoms with Crippen molar-refractivity contribution in [3.63, 3.8) is 0 Å². The summed E-state index contributed by atoms with van der Waals surface area (Å²) >= 11 is 12.1. The summed E-state index contributed by atoms with van der Waals surface area (Å²) in [5.74, 6) is 3.03. The van der Waals surface area contributed by atoms with E-state index >= 15 is 0 Å². The van der Waals surface area contributed by atoms with E-state index in [4.69, 9.17) is 15.3 Å². The Balaban J connectivity index is 0.000000168. The molecule has 87 heavy (non-hydrogen) atoms. The Labute approximate surface area is 525 Å². The molecule has 0 bridgehead atoms. The number of nitrogens with zero attached hydrogens (tertiary/aromatic N) is 15. The number of rotatable bonds is 9. The molecule has 0 atom stereocenters. The second-order valence-electron chi connectivity index (χ2n) is 18.1. The third kappa shape index (κ3) is 22.4. The van der Waals surface area contributed by atoms with E-state index in [1.165, 1.54) is 40.6 Å². The van der Waals surface area contributed by atoms with Gasteiger partial charge in [-0.1, -0.05) is 122 Å². The highest BCUT2D eigenvalue weighted by Crippen LogP contribution is 2.27. The van der Waals surface area contributed by atoms with Crippen LogP contribution in [-0.4, -0.2) is 119 Å². The van der Waals surface area contributed by atoms with Crippen molar-refractivity contribution in [2.24, 2.45) is 0 Å². The maximum atomic E-state index is 11.6. The first kappa shape index (κ1) is 66.5. The lowest BCUT2D eigenvalue weighted by Gasteiger charge is -2.10. The Morgan fingerprint density at radius 2 is 0.931 bits per heavy atom. The van der Waals surface area contributed by atoms with Gasteiger partial charge in [0, 0.05) is 63.9 Å². The van der Waals surface area contributed by atoms with Gasteiger partial charge in [-0.2, -0.15) is 36.6 Å². The van der Waals surface area contributed by atoms with Gasteiger partial charge in [0.25, 0.3) is 0 Å². The molecular weight excluding hydrogens is 1280 g/mol. The van der Waals surface area contributed by atoms with Crippen molar-refractivity contribution in [2.75, 3.05) is 26.3 Å². The molecule has 0 radical (unpaired) electrons. The molecule has 1 saturated heterocycles. The van der Waals surface area contributed by atoms with E-state index in [1.54, 1.807) is 19.9 Å². The smallest absolute Gasteiger partial charge is 0.249 e. The quantitative estimate of drug-likeness (QED) is 0.0379. The van der Waals surface area contributed by atoms with Crippen LogP contribution in [0.5, 0.6) is 0 Å². The first-order valence-corrected chi connectivity index (χ1v) is 29.7. The number of halogens is 2. The van der Waals surface area contributed by atoms with Gasteiger partial charge in [0.2, 0.25) is 34.4 Å². The van der Waals surface area contributed by atoms with Gasteiger partial charge in [-0.3, -0.25) is 9.59 Å². The summed E-state index contributed by atoms with van der Waals surface area (Å²) in [5.41, 5.74) is 12.1. The number of pyridine rings is 2. The normalized spacial score (nSPS) is 10.9. The van der Waals surface area contributed by atoms with Gasteiger partial charge in [-0.15, -0.1) is 65.2 Å². The molecule has 6 aromatic heterocycles. The summed E-state index contributed by atoms with van der Waals surface area (Å²) < 4.78 is 5.01. The lowest BCUT2D eigenvalue weighted by atomic mass is 10.1. The Morgan fingerprint density at radius 1 is 0.517 bits per heavy atom. The van der Waals surface area contributed by atoms with E-state index in [-0.39, 0.29) is 11.1 Å². The molecule has 0 spiro atoms. The summed E-state index contributed by atoms with van der Waals surface area (Å²) in [5, 5.41) is 87.0. The predicted molar refractivity (Wildman–Crippen MR) is 338 cm³/mol. The second kappa shape index (κ2) is 36.2. The van der Waals surface area contributed by atoms with E-state index in [2.05, 4.69) is 154 Å². The molecule has 25 nitrogen and oxygen atoms in total. The van der Waals surface area contributed by atoms with Crippen LogP contribution in [0.15, 0.2) is 153 Å². The number of tetrazole rings is 4. The van der Waals surface area contributed by atoms with Crippen LogP contribution in [0.3, 0.4) is 0 Å². The van der Waals surface area contributed by atoms with Crippen molar-refractivity contribution in [2.45, 2.75) is 54.2 Å². The van der Waals surface area contributed by atoms with Crippen molar-refractivity contribution in [1.82, 2.24) is 97.8 Å². The number of H-pyrrole nitrogens is 6. The molecular formula is C58H56Br2N22O3S2. The van der Waals surface area contributed by atoms with Crippen LogP contribution in [0, 0.1) is 61.7 Å². The largest absolute Gasteiger partial charge is 0.379 e. The number of alkyl halides is 2. The van der Waals surface area contributed by atoms with Crippen molar-refractivity contribution < 1.29 is 4.74 Å². The van der Waals surface area contributed by atoms with Gasteiger partial charge in [0.05, 0.1) is 46.0 Å². The first-order chi connectivity index (χ1) is 42.3. The number of thiol groups is 1. The average Bonchev–Trinajstić information content (AvgIpc) is 4.52. The fourth-order valence-electron chi connectivity index (χ4n) is 7.41. The number of aryl methyl sites for hydroxylation is 4. The standard InChI is InChI=1S/C15H12N6OS.2C8H7BrN4.C8H8N4.C8H7N.C7H6N2OS.C4H9NO/c1-9-5-13(22)17-15(12(9)7-16)23-8-10-3-2-4-11(6-10)14-18-20-21-19-14;2*9-5-6-2-1-3-7(4-6)8-10-12-13-11-8;1-6-3-2-4-7(5-6)8-9-11-12-10-8;1-7-3-2-4-8(5-7)6-9;1-4-2-6(10)9-7(11)5(4)3-8;1-3-6-4-2-5-1/h2-6H,8H2,1H3,(H,17,22)(H,18,19,20,21);2*1-4H,5H2,(H,10,11,12,13);2-5H,1H3,(H,9,10,11,12);2-5H,1H3;2H,1H3,(H2,9,10,11);5H,1-4H2. The second-order valence-corrected chi connectivity index (χ2v) is 20.7. The summed E-state index contributed by atoms with van der Waals surface area (Å²) in [6.07, 6.45) is 0. The van der Waals surface area contributed by atoms with Crippen LogP contribution in [0.25, 0.3) is 45.6 Å². The zero-order valence-electron chi connectivity index (χ0n) is 47.2. The molecule has 0 aliphatic carbocycles. The number of thioether (sulfide) groups is 1. The van der Waals surface area contributed by atoms with Crippen LogP contribution in [0.4, 0.5) is 0 Å². The van der Waals surface area contributed by atoms with Crippen LogP contribution < -0.4 is 16.4 Å². The molecule has 1 aliphatic heterocycles. The highest BCUT2D eigenvalue weighted by molar-refractivity contribution is 9.08. The number of ether oxygens (including phenoxy) is 1. The number of hydrogen-bond donors (Lipinski definition) is 8. The predicted octanol–water partition coefficient (Wildman–Crippen LogP) is 9.04. The van der Waals surface area contributed by atoms with Crippen LogP contribution in [0.1, 0.15) is 55.6 Å². The van der Waals surface area contributed by atoms with E-state index in [0.717, 1.165) is 75.9 Å². The van der Waals surface area contributed by atoms with Gasteiger partial charge in [-0.25, -0.2) is 0 Å². The number of hydrogen-bond acceptors (Lipinski definition) is 21. The van der Waals surface area contributed by atoms with E-state index in [1.807, 2.05) is 135 Å². The minimum Gasteiger partial charge on any atom is -0.379 e. The Morgan fingerprint density at radius 3 is 1.30 bits per heavy atom. The monoisotopic (exact) mass is 1330 g/mol. The molecule has 0 amide bonds. The molecule has 1 fully saturated rings. The van der Waals surface area contributed by atoms with Gasteiger partial charge < -0.3 is 20.0 Å². The zero-order valence-corrected chi connectivity index (χ0v) is 52.1. The summed E-state index contributed by atoms with van der Waals surface area (Å²) in [4.78, 5) is 27.5. The molecule has 29 heteroatoms. The summed E-state index contributed by atoms with van der Waals surface area (Å²) in [7, 11) is 0. The van der Waals surface area contributed by atoms with Crippen molar-refractivity contribution in [3.8, 4) is 63.8 Å². The van der Waals surface area contributed by atoms with Crippen molar-refractivity contribution >= 4 is 56.3 Å². The third-order valence-corrected chi connectivity index (χ3v) is 14.3. The average molecular weight is 1330 g/mol. The SMILES string of the molecule is BrCc1cccc(-c2nn[nH]n2)c1.BrCc1cccc(-c2nn[nH]n2)c1.C1COCCN1.Cc1cc(=O)[nH]c(S)c1C#N.Cc1cc(=O)[nH]c(SCc2cccc(-c3nn[nH]n3)c2)c1C#N.Cc1cccc(-c2nn[nH]n2)c1.Cc1cccc(C#N)c1. The van der Waals surface area contributed by atoms with Gasteiger partial charge in [0.15, 0.2) is 0 Å². The fraction of sp³-hybridized carbons (Fsp3) is 0.190. The maximum Gasteiger partial charge on any atom is 0.249 e. The Hall–Kier alpha value is -9.67. The van der Waals surface area contributed by atoms with Crippen LogP contribution in [-0.2, 0) is 21.1 Å². The molecule has 11 aromatic rings. The Bertz CT molecular complexity index is 3990. The number of morpholine rings is 1. The molecule has 5 aromatic carbocycles. The van der Waals surface area contributed by atoms with Crippen molar-refractivity contribution in [1.29, 1.82) is 15.8 Å². The van der Waals surface area contributed by atoms with Crippen LogP contribution >= 0.6 is 56.3 Å². The Kier molecular flexibility index (Phi) is 27.7. The number of nitriles is 3. The lowest BCUT2D eigenvalue weighted by molar-refractivity contribution is 0.109. The maximum absolute atomic E-state index is 11.6. The highest BCUT2D eigenvalue weighted by atomic mass is 79.9. The number of nitrogens with one attached hydrogen (secondary N) is 7.